The second-order valence-corrected chi connectivity index (χ2v) is 8.38. The van der Waals surface area contributed by atoms with Crippen LogP contribution in [0.4, 0.5) is 11.4 Å². The zero-order valence-electron chi connectivity index (χ0n) is 17.3. The number of nitrogens with zero attached hydrogens (tertiary/aromatic N) is 4. The van der Waals surface area contributed by atoms with Crippen LogP contribution in [0.25, 0.3) is 5.69 Å². The van der Waals surface area contributed by atoms with Gasteiger partial charge in [-0.05, 0) is 30.3 Å². The lowest BCUT2D eigenvalue weighted by molar-refractivity contribution is -0.113. The second kappa shape index (κ2) is 10.2. The molecule has 3 aromatic rings. The Kier molecular flexibility index (Phi) is 7.11. The van der Waals surface area contributed by atoms with Crippen molar-refractivity contribution in [3.63, 3.8) is 0 Å². The van der Waals surface area contributed by atoms with Gasteiger partial charge in [0.1, 0.15) is 5.82 Å². The number of amides is 1. The van der Waals surface area contributed by atoms with Crippen molar-refractivity contribution in [3.05, 3.63) is 59.4 Å². The molecule has 0 bridgehead atoms. The van der Waals surface area contributed by atoms with Crippen molar-refractivity contribution in [2.45, 2.75) is 18.5 Å². The number of para-hydroxylation sites is 1. The monoisotopic (exact) mass is 457 g/mol. The molecule has 4 rings (SSSR count). The number of ether oxygens (including phenoxy) is 1. The smallest absolute Gasteiger partial charge is 0.234 e. The van der Waals surface area contributed by atoms with E-state index in [1.807, 2.05) is 54.0 Å². The number of hydrogen-bond acceptors (Lipinski definition) is 6. The van der Waals surface area contributed by atoms with Gasteiger partial charge >= 0.3 is 0 Å². The van der Waals surface area contributed by atoms with Gasteiger partial charge in [0.25, 0.3) is 0 Å². The minimum atomic E-state index is -0.124. The number of carbonyl (C=O) groups is 1. The molecule has 2 heterocycles. The number of thioether (sulfide) groups is 1. The number of hydrogen-bond donors (Lipinski definition) is 1. The van der Waals surface area contributed by atoms with E-state index >= 15 is 0 Å². The van der Waals surface area contributed by atoms with Gasteiger partial charge in [-0.2, -0.15) is 0 Å². The number of rotatable bonds is 7. The molecule has 1 fully saturated rings. The third-order valence-electron chi connectivity index (χ3n) is 4.95. The van der Waals surface area contributed by atoms with Gasteiger partial charge in [0.2, 0.25) is 5.91 Å². The quantitative estimate of drug-likeness (QED) is 0.539. The number of aryl methyl sites for hydroxylation is 1. The SMILES string of the molecule is CCc1nnc(SCC(=O)Nc2ccc(N3CCOCC3)c(Cl)c2)n1-c1ccccc1. The maximum absolute atomic E-state index is 12.5. The van der Waals surface area contributed by atoms with Crippen LogP contribution in [0.15, 0.2) is 53.7 Å². The van der Waals surface area contributed by atoms with Gasteiger partial charge in [-0.3, -0.25) is 9.36 Å². The first-order valence-electron chi connectivity index (χ1n) is 10.2. The molecule has 0 atom stereocenters. The van der Waals surface area contributed by atoms with E-state index in [9.17, 15) is 4.79 Å². The van der Waals surface area contributed by atoms with Gasteiger partial charge in [0.15, 0.2) is 5.16 Å². The van der Waals surface area contributed by atoms with Crippen LogP contribution in [0.5, 0.6) is 0 Å². The largest absolute Gasteiger partial charge is 0.378 e. The fourth-order valence-corrected chi connectivity index (χ4v) is 4.50. The molecule has 162 valence electrons. The van der Waals surface area contributed by atoms with Crippen LogP contribution < -0.4 is 10.2 Å². The maximum Gasteiger partial charge on any atom is 0.234 e. The Bertz CT molecular complexity index is 1040. The van der Waals surface area contributed by atoms with Crippen LogP contribution in [0, 0.1) is 0 Å². The minimum Gasteiger partial charge on any atom is -0.378 e. The molecule has 1 N–H and O–H groups in total. The molecule has 0 saturated carbocycles. The predicted molar refractivity (Wildman–Crippen MR) is 125 cm³/mol. The first-order valence-corrected chi connectivity index (χ1v) is 11.6. The Morgan fingerprint density at radius 1 is 1.16 bits per heavy atom. The zero-order valence-corrected chi connectivity index (χ0v) is 18.8. The van der Waals surface area contributed by atoms with E-state index < -0.39 is 0 Å². The van der Waals surface area contributed by atoms with Crippen molar-refractivity contribution < 1.29 is 9.53 Å². The van der Waals surface area contributed by atoms with E-state index in [4.69, 9.17) is 16.3 Å². The zero-order chi connectivity index (χ0) is 21.6. The highest BCUT2D eigenvalue weighted by molar-refractivity contribution is 7.99. The number of morpholine rings is 1. The summed E-state index contributed by atoms with van der Waals surface area (Å²) in [5, 5.41) is 12.8. The fourth-order valence-electron chi connectivity index (χ4n) is 3.43. The summed E-state index contributed by atoms with van der Waals surface area (Å²) in [6.07, 6.45) is 0.753. The highest BCUT2D eigenvalue weighted by atomic mass is 35.5. The summed E-state index contributed by atoms with van der Waals surface area (Å²) in [6, 6.07) is 15.5. The molecule has 1 saturated heterocycles. The van der Waals surface area contributed by atoms with Crippen LogP contribution in [0.2, 0.25) is 5.02 Å². The average Bonchev–Trinajstić information content (AvgIpc) is 3.22. The van der Waals surface area contributed by atoms with Crippen molar-refractivity contribution in [2.24, 2.45) is 0 Å². The summed E-state index contributed by atoms with van der Waals surface area (Å²) in [6.45, 7) is 5.04. The Morgan fingerprint density at radius 3 is 2.65 bits per heavy atom. The van der Waals surface area contributed by atoms with Gasteiger partial charge in [-0.1, -0.05) is 48.5 Å². The number of halogens is 1. The van der Waals surface area contributed by atoms with Gasteiger partial charge < -0.3 is 15.0 Å². The van der Waals surface area contributed by atoms with Gasteiger partial charge in [-0.15, -0.1) is 10.2 Å². The lowest BCUT2D eigenvalue weighted by Gasteiger charge is -2.29. The first-order chi connectivity index (χ1) is 15.2. The maximum atomic E-state index is 12.5. The lowest BCUT2D eigenvalue weighted by atomic mass is 10.2. The Balaban J connectivity index is 1.40. The third-order valence-corrected chi connectivity index (χ3v) is 6.18. The standard InChI is InChI=1S/C22H24ClN5O2S/c1-2-20-25-26-22(28(20)17-6-4-3-5-7-17)31-15-21(29)24-16-8-9-19(18(23)14-16)27-10-12-30-13-11-27/h3-9,14H,2,10-13,15H2,1H3,(H,24,29). The van der Waals surface area contributed by atoms with Crippen LogP contribution in [-0.4, -0.2) is 52.7 Å². The predicted octanol–water partition coefficient (Wildman–Crippen LogP) is 4.05. The van der Waals surface area contributed by atoms with E-state index in [-0.39, 0.29) is 11.7 Å². The molecular weight excluding hydrogens is 434 g/mol. The molecule has 7 nitrogen and oxygen atoms in total. The van der Waals surface area contributed by atoms with Crippen molar-refractivity contribution in [1.82, 2.24) is 14.8 Å². The van der Waals surface area contributed by atoms with E-state index in [0.717, 1.165) is 36.7 Å². The topological polar surface area (TPSA) is 72.3 Å². The van der Waals surface area contributed by atoms with E-state index in [1.54, 1.807) is 6.07 Å². The number of nitrogens with one attached hydrogen (secondary N) is 1. The first kappa shape index (κ1) is 21.7. The summed E-state index contributed by atoms with van der Waals surface area (Å²) in [4.78, 5) is 14.7. The van der Waals surface area contributed by atoms with Crippen molar-refractivity contribution in [1.29, 1.82) is 0 Å². The summed E-state index contributed by atoms with van der Waals surface area (Å²) in [5.41, 5.74) is 2.62. The molecule has 1 aromatic heterocycles. The Hall–Kier alpha value is -2.55. The highest BCUT2D eigenvalue weighted by Gasteiger charge is 2.17. The molecule has 0 spiro atoms. The second-order valence-electron chi connectivity index (χ2n) is 7.03. The summed E-state index contributed by atoms with van der Waals surface area (Å²) >= 11 is 7.82. The van der Waals surface area contributed by atoms with Crippen molar-refractivity contribution in [2.75, 3.05) is 42.3 Å². The normalized spacial score (nSPS) is 13.9. The van der Waals surface area contributed by atoms with Gasteiger partial charge in [0.05, 0.1) is 29.7 Å². The average molecular weight is 458 g/mol. The van der Waals surface area contributed by atoms with Gasteiger partial charge in [0, 0.05) is 30.9 Å². The van der Waals surface area contributed by atoms with E-state index in [1.165, 1.54) is 11.8 Å². The van der Waals surface area contributed by atoms with Crippen LogP contribution in [0.1, 0.15) is 12.7 Å². The molecule has 2 aromatic carbocycles. The molecule has 31 heavy (non-hydrogen) atoms. The number of anilines is 2. The van der Waals surface area contributed by atoms with E-state index in [2.05, 4.69) is 20.4 Å². The van der Waals surface area contributed by atoms with Crippen molar-refractivity contribution >= 4 is 40.6 Å². The molecular formula is C22H24ClN5O2S. The fraction of sp³-hybridized carbons (Fsp3) is 0.318. The van der Waals surface area contributed by atoms with Crippen molar-refractivity contribution in [3.8, 4) is 5.69 Å². The Labute approximate surface area is 190 Å². The number of benzene rings is 2. The van der Waals surface area contributed by atoms with Crippen LogP contribution in [-0.2, 0) is 16.0 Å². The van der Waals surface area contributed by atoms with Crippen LogP contribution in [0.3, 0.4) is 0 Å². The van der Waals surface area contributed by atoms with Crippen LogP contribution >= 0.6 is 23.4 Å². The number of carbonyl (C=O) groups excluding carboxylic acids is 1. The summed E-state index contributed by atoms with van der Waals surface area (Å²) < 4.78 is 7.38. The molecule has 1 aliphatic rings. The van der Waals surface area contributed by atoms with Gasteiger partial charge in [-0.25, -0.2) is 0 Å². The molecule has 0 unspecified atom stereocenters. The lowest BCUT2D eigenvalue weighted by Crippen LogP contribution is -2.36. The molecule has 9 heteroatoms. The molecule has 0 aliphatic carbocycles. The summed E-state index contributed by atoms with van der Waals surface area (Å²) in [5.74, 6) is 0.956. The highest BCUT2D eigenvalue weighted by Crippen LogP contribution is 2.30. The Morgan fingerprint density at radius 2 is 1.94 bits per heavy atom. The van der Waals surface area contributed by atoms with E-state index in [0.29, 0.717) is 29.1 Å². The summed E-state index contributed by atoms with van der Waals surface area (Å²) in [7, 11) is 0. The number of aromatic nitrogens is 3. The molecule has 1 amide bonds. The minimum absolute atomic E-state index is 0.124. The third kappa shape index (κ3) is 5.20. The molecule has 0 radical (unpaired) electrons. The molecule has 1 aliphatic heterocycles.